The molecule has 176 valence electrons. The number of nitrogens with zero attached hydrogens (tertiary/aromatic N) is 8. The van der Waals surface area contributed by atoms with E-state index in [0.29, 0.717) is 17.1 Å². The molecule has 0 amide bonds. The van der Waals surface area contributed by atoms with E-state index in [1.807, 2.05) is 18.0 Å². The number of phenolic OH excluding ortho intramolecular Hbond substituents is 1. The molecule has 0 radical (unpaired) electrons. The van der Waals surface area contributed by atoms with Crippen LogP contribution in [0, 0.1) is 22.2 Å². The zero-order valence-corrected chi connectivity index (χ0v) is 19.5. The van der Waals surface area contributed by atoms with Crippen molar-refractivity contribution in [3.8, 4) is 28.9 Å². The lowest BCUT2D eigenvalue weighted by Gasteiger charge is -2.55. The highest BCUT2D eigenvalue weighted by Crippen LogP contribution is 2.57. The topological polar surface area (TPSA) is 117 Å². The van der Waals surface area contributed by atoms with Gasteiger partial charge in [0, 0.05) is 18.5 Å². The highest BCUT2D eigenvalue weighted by molar-refractivity contribution is 5.66. The summed E-state index contributed by atoms with van der Waals surface area (Å²) >= 11 is 0. The van der Waals surface area contributed by atoms with E-state index in [0.717, 1.165) is 32.1 Å². The lowest BCUT2D eigenvalue weighted by atomic mass is 9.54. The number of hydrogen-bond acceptors (Lipinski definition) is 8. The second-order valence-electron chi connectivity index (χ2n) is 10.3. The van der Waals surface area contributed by atoms with Gasteiger partial charge in [-0.15, -0.1) is 15.3 Å². The van der Waals surface area contributed by atoms with Gasteiger partial charge in [0.05, 0.1) is 29.7 Å². The van der Waals surface area contributed by atoms with Gasteiger partial charge in [-0.25, -0.2) is 14.1 Å². The van der Waals surface area contributed by atoms with E-state index < -0.39 is 6.17 Å². The molecule has 2 saturated carbocycles. The van der Waals surface area contributed by atoms with E-state index >= 15 is 4.39 Å². The largest absolute Gasteiger partial charge is 0.507 e. The summed E-state index contributed by atoms with van der Waals surface area (Å²) in [6.45, 7) is 4.35. The van der Waals surface area contributed by atoms with Crippen LogP contribution < -0.4 is 4.90 Å². The van der Waals surface area contributed by atoms with Crippen molar-refractivity contribution in [3.63, 3.8) is 0 Å². The highest BCUT2D eigenvalue weighted by Gasteiger charge is 2.54. The van der Waals surface area contributed by atoms with Crippen molar-refractivity contribution in [1.82, 2.24) is 30.2 Å². The maximum Gasteiger partial charge on any atom is 0.185 e. The van der Waals surface area contributed by atoms with Gasteiger partial charge in [0.2, 0.25) is 0 Å². The Labute approximate surface area is 197 Å². The van der Waals surface area contributed by atoms with Crippen molar-refractivity contribution < 1.29 is 9.50 Å². The van der Waals surface area contributed by atoms with Crippen molar-refractivity contribution in [2.24, 2.45) is 10.8 Å². The third-order valence-corrected chi connectivity index (χ3v) is 7.57. The quantitative estimate of drug-likeness (QED) is 0.622. The van der Waals surface area contributed by atoms with Crippen LogP contribution in [0.2, 0.25) is 0 Å². The molecule has 0 saturated heterocycles. The van der Waals surface area contributed by atoms with Crippen molar-refractivity contribution in [2.45, 2.75) is 58.2 Å². The maximum absolute atomic E-state index is 15.6. The Morgan fingerprint density at radius 2 is 2.06 bits per heavy atom. The predicted molar refractivity (Wildman–Crippen MR) is 123 cm³/mol. The van der Waals surface area contributed by atoms with Gasteiger partial charge in [-0.3, -0.25) is 0 Å². The predicted octanol–water partition coefficient (Wildman–Crippen LogP) is 3.83. The lowest BCUT2D eigenvalue weighted by Crippen LogP contribution is -2.57. The van der Waals surface area contributed by atoms with Gasteiger partial charge in [0.15, 0.2) is 17.3 Å². The molecule has 2 fully saturated rings. The molecule has 4 atom stereocenters. The van der Waals surface area contributed by atoms with E-state index in [1.165, 1.54) is 16.9 Å². The Morgan fingerprint density at radius 3 is 2.74 bits per heavy atom. The van der Waals surface area contributed by atoms with E-state index in [4.69, 9.17) is 5.26 Å². The minimum Gasteiger partial charge on any atom is -0.507 e. The molecule has 5 rings (SSSR count). The Kier molecular flexibility index (Phi) is 5.23. The first-order valence-electron chi connectivity index (χ1n) is 11.4. The Hall–Kier alpha value is -3.61. The molecule has 0 unspecified atom stereocenters. The summed E-state index contributed by atoms with van der Waals surface area (Å²) < 4.78 is 17.0. The molecule has 2 aliphatic carbocycles. The van der Waals surface area contributed by atoms with E-state index in [2.05, 4.69) is 39.3 Å². The molecule has 2 heterocycles. The standard InChI is InChI=1S/C24H27FN8O/c1-23-7-4-8-24(2,14-23)21(25)18(10-23)32(3)20-12-27-22(30-29-20)17-6-5-16(9-19(17)34)33-13-15(11-26)28-31-33/h5-6,9,12-13,18,21,34H,4,7-8,10,14H2,1-3H3/t18-,21-,23-,24-/m1/s1. The zero-order valence-electron chi connectivity index (χ0n) is 19.5. The molecule has 3 aromatic rings. The smallest absolute Gasteiger partial charge is 0.185 e. The average Bonchev–Trinajstić information content (AvgIpc) is 3.30. The van der Waals surface area contributed by atoms with Crippen LogP contribution in [0.5, 0.6) is 5.75 Å². The first-order valence-corrected chi connectivity index (χ1v) is 11.4. The number of hydrogen-bond donors (Lipinski definition) is 1. The van der Waals surface area contributed by atoms with Crippen LogP contribution in [0.25, 0.3) is 17.1 Å². The number of halogens is 1. The van der Waals surface area contributed by atoms with Crippen molar-refractivity contribution >= 4 is 5.82 Å². The second kappa shape index (κ2) is 8.01. The lowest BCUT2D eigenvalue weighted by molar-refractivity contribution is -0.0540. The number of phenols is 1. The van der Waals surface area contributed by atoms with Gasteiger partial charge in [-0.2, -0.15) is 5.26 Å². The number of rotatable bonds is 4. The Balaban J connectivity index is 1.37. The van der Waals surface area contributed by atoms with Gasteiger partial charge in [0.1, 0.15) is 18.0 Å². The van der Waals surface area contributed by atoms with Crippen molar-refractivity contribution in [3.05, 3.63) is 36.3 Å². The molecule has 0 spiro atoms. The maximum atomic E-state index is 15.6. The highest BCUT2D eigenvalue weighted by atomic mass is 19.1. The van der Waals surface area contributed by atoms with Crippen LogP contribution in [0.15, 0.2) is 30.6 Å². The van der Waals surface area contributed by atoms with Gasteiger partial charge >= 0.3 is 0 Å². The molecule has 1 N–H and O–H groups in total. The van der Waals surface area contributed by atoms with Crippen LogP contribution in [0.4, 0.5) is 10.2 Å². The van der Waals surface area contributed by atoms with E-state index in [1.54, 1.807) is 18.3 Å². The van der Waals surface area contributed by atoms with E-state index in [-0.39, 0.29) is 34.1 Å². The molecular formula is C24H27FN8O. The fourth-order valence-electron chi connectivity index (χ4n) is 5.90. The van der Waals surface area contributed by atoms with Crippen molar-refractivity contribution in [1.29, 1.82) is 5.26 Å². The van der Waals surface area contributed by atoms with E-state index in [9.17, 15) is 5.11 Å². The fraction of sp³-hybridized carbons (Fsp3) is 0.500. The van der Waals surface area contributed by atoms with Crippen molar-refractivity contribution in [2.75, 3.05) is 11.9 Å². The number of benzene rings is 1. The minimum atomic E-state index is -0.942. The van der Waals surface area contributed by atoms with Gasteiger partial charge < -0.3 is 10.0 Å². The minimum absolute atomic E-state index is 0.0563. The summed E-state index contributed by atoms with van der Waals surface area (Å²) in [4.78, 5) is 6.27. The normalized spacial score (nSPS) is 28.3. The van der Waals surface area contributed by atoms with Crippen LogP contribution in [0.3, 0.4) is 0 Å². The summed E-state index contributed by atoms with van der Waals surface area (Å²) in [5.41, 5.74) is 0.952. The molecular weight excluding hydrogens is 435 g/mol. The summed E-state index contributed by atoms with van der Waals surface area (Å²) in [6.07, 6.45) is 6.94. The monoisotopic (exact) mass is 462 g/mol. The molecule has 2 aromatic heterocycles. The molecule has 0 aliphatic heterocycles. The average molecular weight is 463 g/mol. The number of anilines is 1. The molecule has 1 aromatic carbocycles. The molecule has 2 bridgehead atoms. The number of fused-ring (bicyclic) bond motifs is 2. The summed E-state index contributed by atoms with van der Waals surface area (Å²) in [7, 11) is 1.86. The molecule has 9 nitrogen and oxygen atoms in total. The Bertz CT molecular complexity index is 1250. The molecule has 34 heavy (non-hydrogen) atoms. The second-order valence-corrected chi connectivity index (χ2v) is 10.3. The SMILES string of the molecule is CN(c1cnc(-c2ccc(-n3cc(C#N)nn3)cc2O)nn1)[C@@H]1C[C@@]2(C)CCC[C@](C)(C2)[C@@H]1F. The third kappa shape index (κ3) is 3.75. The van der Waals surface area contributed by atoms with Gasteiger partial charge in [-0.1, -0.05) is 25.5 Å². The third-order valence-electron chi connectivity index (χ3n) is 7.57. The summed E-state index contributed by atoms with van der Waals surface area (Å²) in [5, 5.41) is 35.6. The zero-order chi connectivity index (χ0) is 24.1. The van der Waals surface area contributed by atoms with Crippen LogP contribution in [-0.2, 0) is 0 Å². The van der Waals surface area contributed by atoms with Crippen LogP contribution in [-0.4, -0.2) is 54.5 Å². The number of aromatic hydroxyl groups is 1. The number of alkyl halides is 1. The summed E-state index contributed by atoms with van der Waals surface area (Å²) in [5.74, 6) is 0.708. The van der Waals surface area contributed by atoms with Crippen LogP contribution >= 0.6 is 0 Å². The Morgan fingerprint density at radius 1 is 1.24 bits per heavy atom. The van der Waals surface area contributed by atoms with Gasteiger partial charge in [-0.05, 0) is 43.2 Å². The van der Waals surface area contributed by atoms with Gasteiger partial charge in [0.25, 0.3) is 0 Å². The fourth-order valence-corrected chi connectivity index (χ4v) is 5.90. The summed E-state index contributed by atoms with van der Waals surface area (Å²) in [6, 6.07) is 6.49. The number of aromatic nitrogens is 6. The first kappa shape index (κ1) is 22.2. The number of nitriles is 1. The van der Waals surface area contributed by atoms with Crippen LogP contribution in [0.1, 0.15) is 51.6 Å². The first-order chi connectivity index (χ1) is 16.2. The molecule has 10 heteroatoms. The molecule has 2 aliphatic rings.